The zero-order valence-electron chi connectivity index (χ0n) is 8.26. The first-order valence-electron chi connectivity index (χ1n) is 4.64. The third-order valence-electron chi connectivity index (χ3n) is 1.92. The van der Waals surface area contributed by atoms with Crippen LogP contribution in [0.1, 0.15) is 13.3 Å². The number of nitrogen functional groups attached to an aromatic ring is 1. The van der Waals surface area contributed by atoms with Crippen LogP contribution in [0.15, 0.2) is 30.4 Å². The highest BCUT2D eigenvalue weighted by molar-refractivity contribution is 5.66. The Bertz CT molecular complexity index is 321. The second kappa shape index (κ2) is 5.27. The Morgan fingerprint density at radius 2 is 2.29 bits per heavy atom. The molecule has 0 fully saturated rings. The Morgan fingerprint density at radius 1 is 1.50 bits per heavy atom. The largest absolute Gasteiger partial charge is 0.395 e. The first kappa shape index (κ1) is 10.6. The van der Waals surface area contributed by atoms with Crippen molar-refractivity contribution < 1.29 is 4.39 Å². The van der Waals surface area contributed by atoms with Gasteiger partial charge in [-0.15, -0.1) is 0 Å². The predicted octanol–water partition coefficient (Wildman–Crippen LogP) is 2.79. The van der Waals surface area contributed by atoms with Crippen LogP contribution in [-0.4, -0.2) is 6.54 Å². The van der Waals surface area contributed by atoms with Crippen LogP contribution in [-0.2, 0) is 0 Å². The zero-order valence-corrected chi connectivity index (χ0v) is 8.26. The van der Waals surface area contributed by atoms with Gasteiger partial charge in [0.15, 0.2) is 0 Å². The molecule has 2 nitrogen and oxygen atoms in total. The van der Waals surface area contributed by atoms with Gasteiger partial charge in [0.2, 0.25) is 0 Å². The van der Waals surface area contributed by atoms with E-state index in [0.29, 0.717) is 5.69 Å². The van der Waals surface area contributed by atoms with E-state index in [9.17, 15) is 4.39 Å². The molecule has 0 atom stereocenters. The quantitative estimate of drug-likeness (QED) is 0.439. The van der Waals surface area contributed by atoms with E-state index in [1.54, 1.807) is 12.1 Å². The molecular weight excluding hydrogens is 179 g/mol. The molecule has 0 amide bonds. The summed E-state index contributed by atoms with van der Waals surface area (Å²) in [4.78, 5) is 0. The van der Waals surface area contributed by atoms with Crippen LogP contribution < -0.4 is 11.1 Å². The molecule has 0 spiro atoms. The Hall–Kier alpha value is -1.51. The van der Waals surface area contributed by atoms with Crippen LogP contribution in [0.4, 0.5) is 15.8 Å². The molecule has 76 valence electrons. The fourth-order valence-electron chi connectivity index (χ4n) is 1.15. The number of nitrogens with one attached hydrogen (secondary N) is 1. The molecule has 0 heterocycles. The fourth-order valence-corrected chi connectivity index (χ4v) is 1.15. The van der Waals surface area contributed by atoms with Gasteiger partial charge >= 0.3 is 0 Å². The number of benzene rings is 1. The molecule has 1 rings (SSSR count). The monoisotopic (exact) mass is 194 g/mol. The lowest BCUT2D eigenvalue weighted by Crippen LogP contribution is -2.04. The van der Waals surface area contributed by atoms with E-state index >= 15 is 0 Å². The van der Waals surface area contributed by atoms with Gasteiger partial charge in [-0.05, 0) is 25.5 Å². The van der Waals surface area contributed by atoms with Crippen LogP contribution in [0, 0.1) is 5.82 Å². The minimum absolute atomic E-state index is 0.188. The van der Waals surface area contributed by atoms with Crippen LogP contribution in [0.2, 0.25) is 0 Å². The van der Waals surface area contributed by atoms with Gasteiger partial charge in [0.05, 0.1) is 11.4 Å². The highest BCUT2D eigenvalue weighted by atomic mass is 19.1. The number of para-hydroxylation sites is 1. The molecular formula is C11H15FN2. The van der Waals surface area contributed by atoms with Crippen LogP contribution in [0.25, 0.3) is 0 Å². The fraction of sp³-hybridized carbons (Fsp3) is 0.273. The lowest BCUT2D eigenvalue weighted by Gasteiger charge is -2.08. The maximum atomic E-state index is 13.0. The van der Waals surface area contributed by atoms with Crippen molar-refractivity contribution in [1.82, 2.24) is 0 Å². The summed E-state index contributed by atoms with van der Waals surface area (Å²) in [5.74, 6) is -0.374. The molecule has 3 heteroatoms. The molecule has 0 radical (unpaired) electrons. The van der Waals surface area contributed by atoms with Crippen LogP contribution >= 0.6 is 0 Å². The van der Waals surface area contributed by atoms with E-state index in [1.165, 1.54) is 6.07 Å². The highest BCUT2D eigenvalue weighted by Crippen LogP contribution is 2.20. The van der Waals surface area contributed by atoms with Gasteiger partial charge in [-0.2, -0.15) is 0 Å². The Labute approximate surface area is 83.6 Å². The average Bonchev–Trinajstić information content (AvgIpc) is 2.19. The smallest absolute Gasteiger partial charge is 0.148 e. The molecule has 0 aliphatic rings. The van der Waals surface area contributed by atoms with Crippen molar-refractivity contribution in [2.24, 2.45) is 0 Å². The molecule has 14 heavy (non-hydrogen) atoms. The topological polar surface area (TPSA) is 38.0 Å². The van der Waals surface area contributed by atoms with Crippen molar-refractivity contribution in [2.45, 2.75) is 13.3 Å². The lowest BCUT2D eigenvalue weighted by atomic mass is 10.2. The van der Waals surface area contributed by atoms with Crippen LogP contribution in [0.5, 0.6) is 0 Å². The molecule has 0 aromatic heterocycles. The van der Waals surface area contributed by atoms with E-state index in [1.807, 2.05) is 19.1 Å². The summed E-state index contributed by atoms with van der Waals surface area (Å²) in [7, 11) is 0. The number of rotatable bonds is 4. The number of nitrogens with two attached hydrogens (primary N) is 1. The number of halogens is 1. The normalized spacial score (nSPS) is 10.7. The Kier molecular flexibility index (Phi) is 3.98. The van der Waals surface area contributed by atoms with Crippen molar-refractivity contribution in [3.8, 4) is 0 Å². The van der Waals surface area contributed by atoms with Gasteiger partial charge in [0.25, 0.3) is 0 Å². The van der Waals surface area contributed by atoms with Gasteiger partial charge < -0.3 is 11.1 Å². The van der Waals surface area contributed by atoms with Crippen molar-refractivity contribution >= 4 is 11.4 Å². The van der Waals surface area contributed by atoms with Gasteiger partial charge in [-0.1, -0.05) is 18.2 Å². The molecule has 0 saturated heterocycles. The average molecular weight is 194 g/mol. The van der Waals surface area contributed by atoms with Crippen molar-refractivity contribution in [3.63, 3.8) is 0 Å². The lowest BCUT2D eigenvalue weighted by molar-refractivity contribution is 0.633. The molecule has 0 unspecified atom stereocenters. The summed E-state index contributed by atoms with van der Waals surface area (Å²) in [6.45, 7) is 2.73. The minimum Gasteiger partial charge on any atom is -0.395 e. The van der Waals surface area contributed by atoms with Gasteiger partial charge in [-0.25, -0.2) is 4.39 Å². The standard InChI is InChI=1S/C11H15FN2/c1-2-3-4-8-14-10-7-5-6-9(12)11(10)13/h2-3,5-7,14H,4,8,13H2,1H3/b3-2+. The van der Waals surface area contributed by atoms with E-state index in [2.05, 4.69) is 5.32 Å². The highest BCUT2D eigenvalue weighted by Gasteiger charge is 2.01. The molecule has 0 bridgehead atoms. The number of hydrogen-bond acceptors (Lipinski definition) is 2. The van der Waals surface area contributed by atoms with E-state index in [-0.39, 0.29) is 11.5 Å². The van der Waals surface area contributed by atoms with Gasteiger partial charge in [-0.3, -0.25) is 0 Å². The molecule has 1 aromatic carbocycles. The molecule has 0 aliphatic carbocycles. The number of anilines is 2. The first-order valence-corrected chi connectivity index (χ1v) is 4.64. The maximum Gasteiger partial charge on any atom is 0.148 e. The van der Waals surface area contributed by atoms with Crippen molar-refractivity contribution in [2.75, 3.05) is 17.6 Å². The van der Waals surface area contributed by atoms with Gasteiger partial charge in [0, 0.05) is 6.54 Å². The summed E-state index contributed by atoms with van der Waals surface area (Å²) >= 11 is 0. The second-order valence-electron chi connectivity index (χ2n) is 2.99. The second-order valence-corrected chi connectivity index (χ2v) is 2.99. The van der Waals surface area contributed by atoms with Crippen molar-refractivity contribution in [1.29, 1.82) is 0 Å². The molecule has 3 N–H and O–H groups in total. The third kappa shape index (κ3) is 2.76. The maximum absolute atomic E-state index is 13.0. The van der Waals surface area contributed by atoms with E-state index in [0.717, 1.165) is 13.0 Å². The SMILES string of the molecule is C/C=C/CCNc1cccc(F)c1N. The predicted molar refractivity (Wildman–Crippen MR) is 58.7 cm³/mol. The summed E-state index contributed by atoms with van der Waals surface area (Å²) in [6.07, 6.45) is 4.94. The molecule has 0 saturated carbocycles. The van der Waals surface area contributed by atoms with E-state index < -0.39 is 0 Å². The Balaban J connectivity index is 2.54. The molecule has 0 aliphatic heterocycles. The van der Waals surface area contributed by atoms with E-state index in [4.69, 9.17) is 5.73 Å². The third-order valence-corrected chi connectivity index (χ3v) is 1.92. The number of allylic oxidation sites excluding steroid dienone is 1. The summed E-state index contributed by atoms with van der Waals surface area (Å²) in [5.41, 5.74) is 6.39. The number of hydrogen-bond donors (Lipinski definition) is 2. The van der Waals surface area contributed by atoms with Gasteiger partial charge in [0.1, 0.15) is 5.82 Å². The minimum atomic E-state index is -0.374. The van der Waals surface area contributed by atoms with Crippen molar-refractivity contribution in [3.05, 3.63) is 36.2 Å². The zero-order chi connectivity index (χ0) is 10.4. The summed E-state index contributed by atoms with van der Waals surface area (Å²) < 4.78 is 13.0. The first-order chi connectivity index (χ1) is 6.75. The molecule has 1 aromatic rings. The summed E-state index contributed by atoms with van der Waals surface area (Å²) in [5, 5.41) is 3.07. The summed E-state index contributed by atoms with van der Waals surface area (Å²) in [6, 6.07) is 4.77. The van der Waals surface area contributed by atoms with Crippen LogP contribution in [0.3, 0.4) is 0 Å². The Morgan fingerprint density at radius 3 is 3.00 bits per heavy atom.